The molecule has 0 amide bonds. The Bertz CT molecular complexity index is 490. The van der Waals surface area contributed by atoms with E-state index in [-0.39, 0.29) is 0 Å². The molecule has 0 fully saturated rings. The van der Waals surface area contributed by atoms with Crippen LogP contribution in [0.3, 0.4) is 0 Å². The summed E-state index contributed by atoms with van der Waals surface area (Å²) in [5, 5.41) is 8.36. The van der Waals surface area contributed by atoms with Crippen molar-refractivity contribution in [1.82, 2.24) is 14.8 Å². The molecule has 4 nitrogen and oxygen atoms in total. The zero-order valence-electron chi connectivity index (χ0n) is 9.94. The SMILES string of the molecule is Cc1nc(C)n(CCNc2ccc(Cl)cc2)n1. The summed E-state index contributed by atoms with van der Waals surface area (Å²) in [6.07, 6.45) is 0. The van der Waals surface area contributed by atoms with Crippen molar-refractivity contribution in [1.29, 1.82) is 0 Å². The van der Waals surface area contributed by atoms with E-state index in [2.05, 4.69) is 15.4 Å². The minimum absolute atomic E-state index is 0.748. The number of anilines is 1. The van der Waals surface area contributed by atoms with Gasteiger partial charge in [0.05, 0.1) is 6.54 Å². The van der Waals surface area contributed by atoms with Crippen LogP contribution in [0.1, 0.15) is 11.6 Å². The van der Waals surface area contributed by atoms with E-state index in [1.807, 2.05) is 42.8 Å². The fourth-order valence-electron chi connectivity index (χ4n) is 1.65. The number of aromatic nitrogens is 3. The predicted molar refractivity (Wildman–Crippen MR) is 69.4 cm³/mol. The molecule has 1 aromatic heterocycles. The standard InChI is InChI=1S/C12H15ClN4/c1-9-15-10(2)17(16-9)8-7-14-12-5-3-11(13)4-6-12/h3-6,14H,7-8H2,1-2H3. The van der Waals surface area contributed by atoms with Gasteiger partial charge in [-0.05, 0) is 38.1 Å². The van der Waals surface area contributed by atoms with Crippen molar-refractivity contribution < 1.29 is 0 Å². The Labute approximate surface area is 106 Å². The lowest BCUT2D eigenvalue weighted by Crippen LogP contribution is -2.12. The first-order chi connectivity index (χ1) is 8.15. The quantitative estimate of drug-likeness (QED) is 0.907. The summed E-state index contributed by atoms with van der Waals surface area (Å²) in [5.74, 6) is 1.76. The molecule has 0 spiro atoms. The van der Waals surface area contributed by atoms with Gasteiger partial charge >= 0.3 is 0 Å². The van der Waals surface area contributed by atoms with E-state index >= 15 is 0 Å². The molecule has 90 valence electrons. The maximum Gasteiger partial charge on any atom is 0.147 e. The van der Waals surface area contributed by atoms with Crippen molar-refractivity contribution >= 4 is 17.3 Å². The van der Waals surface area contributed by atoms with Gasteiger partial charge in [0, 0.05) is 17.3 Å². The first-order valence-electron chi connectivity index (χ1n) is 5.52. The monoisotopic (exact) mass is 250 g/mol. The van der Waals surface area contributed by atoms with Gasteiger partial charge in [-0.1, -0.05) is 11.6 Å². The van der Waals surface area contributed by atoms with Crippen LogP contribution in [0.25, 0.3) is 0 Å². The molecule has 2 rings (SSSR count). The smallest absolute Gasteiger partial charge is 0.147 e. The van der Waals surface area contributed by atoms with Gasteiger partial charge in [-0.15, -0.1) is 0 Å². The first kappa shape index (κ1) is 11.9. The summed E-state index contributed by atoms with van der Waals surface area (Å²) in [6.45, 7) is 5.47. The van der Waals surface area contributed by atoms with E-state index in [9.17, 15) is 0 Å². The molecule has 5 heteroatoms. The number of benzene rings is 1. The minimum atomic E-state index is 0.748. The van der Waals surface area contributed by atoms with Crippen LogP contribution in [-0.2, 0) is 6.54 Å². The van der Waals surface area contributed by atoms with Crippen LogP contribution in [0.4, 0.5) is 5.69 Å². The highest BCUT2D eigenvalue weighted by atomic mass is 35.5. The zero-order chi connectivity index (χ0) is 12.3. The summed E-state index contributed by atoms with van der Waals surface area (Å²) in [6, 6.07) is 7.66. The lowest BCUT2D eigenvalue weighted by molar-refractivity contribution is 0.612. The van der Waals surface area contributed by atoms with Crippen molar-refractivity contribution in [2.24, 2.45) is 0 Å². The van der Waals surface area contributed by atoms with E-state index in [0.717, 1.165) is 35.4 Å². The summed E-state index contributed by atoms with van der Waals surface area (Å²) in [5.41, 5.74) is 1.06. The molecular formula is C12H15ClN4. The van der Waals surface area contributed by atoms with Gasteiger partial charge in [-0.25, -0.2) is 9.67 Å². The van der Waals surface area contributed by atoms with Gasteiger partial charge in [0.1, 0.15) is 11.6 Å². The third kappa shape index (κ3) is 3.20. The number of nitrogens with one attached hydrogen (secondary N) is 1. The van der Waals surface area contributed by atoms with Gasteiger partial charge in [-0.3, -0.25) is 0 Å². The zero-order valence-corrected chi connectivity index (χ0v) is 10.7. The lowest BCUT2D eigenvalue weighted by atomic mass is 10.3. The minimum Gasteiger partial charge on any atom is -0.383 e. The molecule has 0 aliphatic heterocycles. The average Bonchev–Trinajstić information content (AvgIpc) is 2.60. The molecule has 2 aromatic rings. The fourth-order valence-corrected chi connectivity index (χ4v) is 1.77. The maximum absolute atomic E-state index is 5.81. The van der Waals surface area contributed by atoms with Crippen LogP contribution in [0.15, 0.2) is 24.3 Å². The predicted octanol–water partition coefficient (Wildman–Crippen LogP) is 2.66. The second kappa shape index (κ2) is 5.19. The number of halogens is 1. The highest BCUT2D eigenvalue weighted by Crippen LogP contribution is 2.12. The highest BCUT2D eigenvalue weighted by Gasteiger charge is 2.01. The van der Waals surface area contributed by atoms with Crippen molar-refractivity contribution in [3.63, 3.8) is 0 Å². The van der Waals surface area contributed by atoms with Gasteiger partial charge in [0.15, 0.2) is 0 Å². The van der Waals surface area contributed by atoms with Crippen LogP contribution in [0.5, 0.6) is 0 Å². The summed E-state index contributed by atoms with van der Waals surface area (Å²) >= 11 is 5.81. The molecule has 1 N–H and O–H groups in total. The topological polar surface area (TPSA) is 42.7 Å². The molecule has 1 heterocycles. The van der Waals surface area contributed by atoms with E-state index in [0.29, 0.717) is 0 Å². The first-order valence-corrected chi connectivity index (χ1v) is 5.90. The normalized spacial score (nSPS) is 10.5. The number of hydrogen-bond donors (Lipinski definition) is 1. The van der Waals surface area contributed by atoms with Crippen molar-refractivity contribution in [3.05, 3.63) is 40.9 Å². The molecule has 1 aromatic carbocycles. The van der Waals surface area contributed by atoms with Gasteiger partial charge in [-0.2, -0.15) is 5.10 Å². The van der Waals surface area contributed by atoms with Gasteiger partial charge in [0.2, 0.25) is 0 Å². The molecular weight excluding hydrogens is 236 g/mol. The second-order valence-corrected chi connectivity index (χ2v) is 4.30. The highest BCUT2D eigenvalue weighted by molar-refractivity contribution is 6.30. The molecule has 0 radical (unpaired) electrons. The Hall–Kier alpha value is -1.55. The van der Waals surface area contributed by atoms with Crippen LogP contribution >= 0.6 is 11.6 Å². The van der Waals surface area contributed by atoms with Gasteiger partial charge < -0.3 is 5.32 Å². The van der Waals surface area contributed by atoms with Crippen molar-refractivity contribution in [2.75, 3.05) is 11.9 Å². The van der Waals surface area contributed by atoms with Crippen LogP contribution in [-0.4, -0.2) is 21.3 Å². The summed E-state index contributed by atoms with van der Waals surface area (Å²) in [7, 11) is 0. The summed E-state index contributed by atoms with van der Waals surface area (Å²) < 4.78 is 1.90. The number of nitrogens with zero attached hydrogens (tertiary/aromatic N) is 3. The second-order valence-electron chi connectivity index (χ2n) is 3.86. The fraction of sp³-hybridized carbons (Fsp3) is 0.333. The lowest BCUT2D eigenvalue weighted by Gasteiger charge is -2.07. The third-order valence-electron chi connectivity index (χ3n) is 2.46. The Kier molecular flexibility index (Phi) is 3.64. The molecule has 0 bridgehead atoms. The number of rotatable bonds is 4. The maximum atomic E-state index is 5.81. The van der Waals surface area contributed by atoms with E-state index in [4.69, 9.17) is 11.6 Å². The molecule has 0 unspecified atom stereocenters. The third-order valence-corrected chi connectivity index (χ3v) is 2.71. The Morgan fingerprint density at radius 2 is 1.94 bits per heavy atom. The number of aryl methyl sites for hydroxylation is 2. The Morgan fingerprint density at radius 1 is 1.24 bits per heavy atom. The molecule has 0 atom stereocenters. The van der Waals surface area contributed by atoms with Crippen LogP contribution in [0.2, 0.25) is 5.02 Å². The van der Waals surface area contributed by atoms with Gasteiger partial charge in [0.25, 0.3) is 0 Å². The van der Waals surface area contributed by atoms with Crippen LogP contribution < -0.4 is 5.32 Å². The van der Waals surface area contributed by atoms with Crippen LogP contribution in [0, 0.1) is 13.8 Å². The van der Waals surface area contributed by atoms with E-state index < -0.39 is 0 Å². The Balaban J connectivity index is 1.87. The molecule has 17 heavy (non-hydrogen) atoms. The summed E-state index contributed by atoms with van der Waals surface area (Å²) in [4.78, 5) is 4.25. The largest absolute Gasteiger partial charge is 0.383 e. The van der Waals surface area contributed by atoms with Crippen molar-refractivity contribution in [2.45, 2.75) is 20.4 Å². The average molecular weight is 251 g/mol. The van der Waals surface area contributed by atoms with Crippen molar-refractivity contribution in [3.8, 4) is 0 Å². The Morgan fingerprint density at radius 3 is 2.53 bits per heavy atom. The van der Waals surface area contributed by atoms with E-state index in [1.54, 1.807) is 0 Å². The molecule has 0 saturated heterocycles. The molecule has 0 saturated carbocycles. The number of hydrogen-bond acceptors (Lipinski definition) is 3. The van der Waals surface area contributed by atoms with E-state index in [1.165, 1.54) is 0 Å². The molecule has 0 aliphatic carbocycles. The molecule has 0 aliphatic rings.